The van der Waals surface area contributed by atoms with Gasteiger partial charge in [-0.05, 0) is 48.4 Å². The van der Waals surface area contributed by atoms with Crippen LogP contribution in [-0.2, 0) is 11.2 Å². The number of fused-ring (bicyclic) bond motifs is 1. The lowest BCUT2D eigenvalue weighted by Gasteiger charge is -2.21. The monoisotopic (exact) mass is 392 g/mol. The van der Waals surface area contributed by atoms with E-state index < -0.39 is 0 Å². The minimum atomic E-state index is -0.170. The van der Waals surface area contributed by atoms with Gasteiger partial charge in [-0.1, -0.05) is 27.5 Å². The number of hydrogen-bond donors (Lipinski definition) is 1. The van der Waals surface area contributed by atoms with E-state index in [2.05, 4.69) is 21.2 Å². The number of carbonyl (C=O) groups excluding carboxylic acids is 2. The van der Waals surface area contributed by atoms with Crippen molar-refractivity contribution >= 4 is 50.7 Å². The summed E-state index contributed by atoms with van der Waals surface area (Å²) in [5, 5.41) is 3.40. The van der Waals surface area contributed by atoms with Crippen LogP contribution in [0.3, 0.4) is 0 Å². The fraction of sp³-hybridized carbons (Fsp3) is 0.176. The van der Waals surface area contributed by atoms with Gasteiger partial charge in [0.1, 0.15) is 0 Å². The third kappa shape index (κ3) is 3.26. The van der Waals surface area contributed by atoms with Crippen LogP contribution in [0.1, 0.15) is 22.8 Å². The summed E-state index contributed by atoms with van der Waals surface area (Å²) in [4.78, 5) is 26.0. The molecule has 23 heavy (non-hydrogen) atoms. The van der Waals surface area contributed by atoms with E-state index in [0.717, 1.165) is 22.1 Å². The molecular weight excluding hydrogens is 380 g/mol. The molecule has 4 nitrogen and oxygen atoms in total. The lowest BCUT2D eigenvalue weighted by atomic mass is 10.1. The molecule has 0 radical (unpaired) electrons. The molecule has 118 valence electrons. The second kappa shape index (κ2) is 6.34. The summed E-state index contributed by atoms with van der Waals surface area (Å²) < 4.78 is 0.876. The number of carbonyl (C=O) groups is 2. The maximum absolute atomic E-state index is 12.8. The zero-order chi connectivity index (χ0) is 16.6. The first-order valence-corrected chi connectivity index (χ1v) is 8.30. The molecule has 2 aromatic carbocycles. The van der Waals surface area contributed by atoms with Crippen molar-refractivity contribution in [3.63, 3.8) is 0 Å². The van der Waals surface area contributed by atoms with Gasteiger partial charge in [0.05, 0.1) is 11.4 Å². The van der Waals surface area contributed by atoms with Crippen molar-refractivity contribution in [1.29, 1.82) is 0 Å². The molecule has 1 aliphatic rings. The number of halogens is 2. The summed E-state index contributed by atoms with van der Waals surface area (Å²) >= 11 is 9.33. The molecule has 3 rings (SSSR count). The topological polar surface area (TPSA) is 49.4 Å². The van der Waals surface area contributed by atoms with Gasteiger partial charge < -0.3 is 10.2 Å². The first kappa shape index (κ1) is 16.0. The summed E-state index contributed by atoms with van der Waals surface area (Å²) in [6.45, 7) is 2.04. The average molecular weight is 394 g/mol. The normalized spacial score (nSPS) is 12.9. The maximum atomic E-state index is 12.8. The third-order valence-corrected chi connectivity index (χ3v) is 4.39. The van der Waals surface area contributed by atoms with Crippen LogP contribution in [0, 0.1) is 0 Å². The van der Waals surface area contributed by atoms with E-state index >= 15 is 0 Å². The second-order valence-corrected chi connectivity index (χ2v) is 6.71. The Morgan fingerprint density at radius 1 is 1.22 bits per heavy atom. The van der Waals surface area contributed by atoms with Crippen molar-refractivity contribution in [1.82, 2.24) is 0 Å². The largest absolute Gasteiger partial charge is 0.324 e. The highest BCUT2D eigenvalue weighted by molar-refractivity contribution is 9.10. The second-order valence-electron chi connectivity index (χ2n) is 5.36. The van der Waals surface area contributed by atoms with E-state index in [1.54, 1.807) is 29.2 Å². The van der Waals surface area contributed by atoms with Crippen molar-refractivity contribution in [2.24, 2.45) is 0 Å². The first-order chi connectivity index (χ1) is 11.0. The summed E-state index contributed by atoms with van der Waals surface area (Å²) in [5.41, 5.74) is 3.01. The van der Waals surface area contributed by atoms with E-state index in [1.165, 1.54) is 6.92 Å². The number of hydrogen-bond acceptors (Lipinski definition) is 2. The fourth-order valence-electron chi connectivity index (χ4n) is 2.75. The van der Waals surface area contributed by atoms with Gasteiger partial charge in [-0.15, -0.1) is 0 Å². The molecular formula is C17H14BrClN2O2. The molecule has 2 aromatic rings. The van der Waals surface area contributed by atoms with Gasteiger partial charge in [0, 0.05) is 28.5 Å². The Morgan fingerprint density at radius 2 is 1.91 bits per heavy atom. The minimum Gasteiger partial charge on any atom is -0.324 e. The molecule has 2 amide bonds. The van der Waals surface area contributed by atoms with E-state index in [4.69, 9.17) is 11.6 Å². The molecule has 0 bridgehead atoms. The lowest BCUT2D eigenvalue weighted by Crippen LogP contribution is -2.29. The van der Waals surface area contributed by atoms with E-state index in [0.29, 0.717) is 22.8 Å². The van der Waals surface area contributed by atoms with Crippen LogP contribution in [0.2, 0.25) is 5.02 Å². The Bertz CT molecular complexity index is 790. The molecule has 0 fully saturated rings. The number of amides is 2. The third-order valence-electron chi connectivity index (χ3n) is 3.68. The summed E-state index contributed by atoms with van der Waals surface area (Å²) in [7, 11) is 0. The predicted octanol–water partition coefficient (Wildman–Crippen LogP) is 4.26. The molecule has 0 saturated carbocycles. The predicted molar refractivity (Wildman–Crippen MR) is 95.3 cm³/mol. The van der Waals surface area contributed by atoms with Gasteiger partial charge in [-0.3, -0.25) is 9.59 Å². The molecule has 0 spiro atoms. The molecule has 0 atom stereocenters. The molecule has 0 saturated heterocycles. The van der Waals surface area contributed by atoms with Crippen molar-refractivity contribution < 1.29 is 9.59 Å². The highest BCUT2D eigenvalue weighted by atomic mass is 79.9. The van der Waals surface area contributed by atoms with Crippen LogP contribution in [0.5, 0.6) is 0 Å². The smallest absolute Gasteiger partial charge is 0.258 e. The zero-order valence-corrected chi connectivity index (χ0v) is 14.7. The molecule has 0 aliphatic carbocycles. The number of benzene rings is 2. The number of nitrogens with zero attached hydrogens (tertiary/aromatic N) is 1. The SMILES string of the molecule is CC(=O)Nc1cc(Br)cc2c1N(C(=O)c1ccc(Cl)cc1)CC2. The Hall–Kier alpha value is -1.85. The van der Waals surface area contributed by atoms with Crippen molar-refractivity contribution in [3.05, 3.63) is 57.0 Å². The van der Waals surface area contributed by atoms with Crippen LogP contribution in [0.15, 0.2) is 40.9 Å². The molecule has 0 aromatic heterocycles. The zero-order valence-electron chi connectivity index (χ0n) is 12.4. The Kier molecular flexibility index (Phi) is 4.41. The quantitative estimate of drug-likeness (QED) is 0.828. The lowest BCUT2D eigenvalue weighted by molar-refractivity contribution is -0.114. The van der Waals surface area contributed by atoms with Gasteiger partial charge in [0.15, 0.2) is 0 Å². The van der Waals surface area contributed by atoms with Crippen LogP contribution >= 0.6 is 27.5 Å². The van der Waals surface area contributed by atoms with Crippen molar-refractivity contribution in [2.75, 3.05) is 16.8 Å². The number of rotatable bonds is 2. The number of nitrogens with one attached hydrogen (secondary N) is 1. The van der Waals surface area contributed by atoms with E-state index in [-0.39, 0.29) is 11.8 Å². The maximum Gasteiger partial charge on any atom is 0.258 e. The Balaban J connectivity index is 2.01. The molecule has 1 heterocycles. The van der Waals surface area contributed by atoms with Crippen LogP contribution in [-0.4, -0.2) is 18.4 Å². The fourth-order valence-corrected chi connectivity index (χ4v) is 3.38. The van der Waals surface area contributed by atoms with Gasteiger partial charge in [-0.25, -0.2) is 0 Å². The summed E-state index contributed by atoms with van der Waals surface area (Å²) in [5.74, 6) is -0.273. The van der Waals surface area contributed by atoms with Crippen LogP contribution < -0.4 is 10.2 Å². The van der Waals surface area contributed by atoms with Gasteiger partial charge >= 0.3 is 0 Å². The summed E-state index contributed by atoms with van der Waals surface area (Å²) in [6.07, 6.45) is 0.751. The highest BCUT2D eigenvalue weighted by Crippen LogP contribution is 2.39. The standard InChI is InChI=1S/C17H14BrClN2O2/c1-10(22)20-15-9-13(18)8-12-6-7-21(16(12)15)17(23)11-2-4-14(19)5-3-11/h2-5,8-9H,6-7H2,1H3,(H,20,22). The molecule has 0 unspecified atom stereocenters. The first-order valence-electron chi connectivity index (χ1n) is 7.13. The molecule has 1 N–H and O–H groups in total. The van der Waals surface area contributed by atoms with Crippen molar-refractivity contribution in [3.8, 4) is 0 Å². The van der Waals surface area contributed by atoms with Crippen LogP contribution in [0.25, 0.3) is 0 Å². The Morgan fingerprint density at radius 3 is 2.57 bits per heavy atom. The minimum absolute atomic E-state index is 0.102. The van der Waals surface area contributed by atoms with Crippen molar-refractivity contribution in [2.45, 2.75) is 13.3 Å². The van der Waals surface area contributed by atoms with E-state index in [1.807, 2.05) is 12.1 Å². The Labute approximate surface area is 147 Å². The van der Waals surface area contributed by atoms with Gasteiger partial charge in [-0.2, -0.15) is 0 Å². The molecule has 6 heteroatoms. The highest BCUT2D eigenvalue weighted by Gasteiger charge is 2.29. The summed E-state index contributed by atoms with van der Waals surface area (Å²) in [6, 6.07) is 10.6. The number of anilines is 2. The van der Waals surface area contributed by atoms with Crippen LogP contribution in [0.4, 0.5) is 11.4 Å². The van der Waals surface area contributed by atoms with Gasteiger partial charge in [0.25, 0.3) is 5.91 Å². The van der Waals surface area contributed by atoms with Gasteiger partial charge in [0.2, 0.25) is 5.91 Å². The van der Waals surface area contributed by atoms with E-state index in [9.17, 15) is 9.59 Å². The molecule has 1 aliphatic heterocycles. The average Bonchev–Trinajstić information content (AvgIpc) is 2.90.